The fourth-order valence-electron chi connectivity index (χ4n) is 8.41. The van der Waals surface area contributed by atoms with Crippen molar-refractivity contribution in [2.75, 3.05) is 0 Å². The Balaban J connectivity index is 0.000000177. The maximum absolute atomic E-state index is 4.82. The summed E-state index contributed by atoms with van der Waals surface area (Å²) >= 11 is 0. The fourth-order valence-corrected chi connectivity index (χ4v) is 8.41. The van der Waals surface area contributed by atoms with Crippen LogP contribution >= 0.6 is 0 Å². The Bertz CT molecular complexity index is 2100. The third kappa shape index (κ3) is 7.88. The highest BCUT2D eigenvalue weighted by Crippen LogP contribution is 2.22. The summed E-state index contributed by atoms with van der Waals surface area (Å²) in [4.78, 5) is 26.3. The van der Waals surface area contributed by atoms with E-state index in [9.17, 15) is 0 Å². The van der Waals surface area contributed by atoms with Crippen molar-refractivity contribution in [3.05, 3.63) is 206 Å². The second-order valence-corrected chi connectivity index (χ2v) is 17.1. The smallest absolute Gasteiger partial charge is 0.219 e. The number of nitrogens with zero attached hydrogens (tertiary/aromatic N) is 4. The normalized spacial score (nSPS) is 12.0. The monoisotopic (exact) mass is 758 g/mol. The van der Waals surface area contributed by atoms with Gasteiger partial charge in [0.1, 0.15) is 0 Å². The van der Waals surface area contributed by atoms with Crippen molar-refractivity contribution in [1.29, 1.82) is 0 Å². The summed E-state index contributed by atoms with van der Waals surface area (Å²) in [6, 6.07) is 54.8. The first kappa shape index (κ1) is 39.7. The molecule has 8 heteroatoms. The highest BCUT2D eigenvalue weighted by molar-refractivity contribution is 7.19. The van der Waals surface area contributed by atoms with Gasteiger partial charge in [-0.05, 0) is 58.4 Å². The van der Waals surface area contributed by atoms with Gasteiger partial charge < -0.3 is 19.9 Å². The quantitative estimate of drug-likeness (QED) is 0.220. The molecule has 0 aliphatic rings. The number of benzene rings is 2. The second-order valence-electron chi connectivity index (χ2n) is 17.1. The van der Waals surface area contributed by atoms with Gasteiger partial charge in [0.2, 0.25) is 12.3 Å². The Kier molecular flexibility index (Phi) is 11.6. The zero-order valence-corrected chi connectivity index (χ0v) is 34.4. The average Bonchev–Trinajstić information content (AvgIpc) is 3.27. The Morgan fingerprint density at radius 1 is 0.345 bits per heavy atom. The van der Waals surface area contributed by atoms with Crippen LogP contribution in [0.4, 0.5) is 0 Å². The molecule has 58 heavy (non-hydrogen) atoms. The number of pyridine rings is 6. The van der Waals surface area contributed by atoms with E-state index >= 15 is 0 Å². The van der Waals surface area contributed by atoms with Crippen LogP contribution in [0.3, 0.4) is 0 Å². The molecule has 2 aromatic carbocycles. The van der Waals surface area contributed by atoms with E-state index < -0.39 is 12.3 Å². The van der Waals surface area contributed by atoms with Crippen LogP contribution in [0.5, 0.6) is 0 Å². The summed E-state index contributed by atoms with van der Waals surface area (Å²) in [6.45, 7) is 13.4. The molecule has 8 aromatic rings. The van der Waals surface area contributed by atoms with Crippen LogP contribution < -0.4 is 54.5 Å². The van der Waals surface area contributed by atoms with Crippen molar-refractivity contribution < 1.29 is 9.97 Å². The summed E-state index contributed by atoms with van der Waals surface area (Å²) in [6.07, 6.45) is 8.30. The van der Waals surface area contributed by atoms with Gasteiger partial charge >= 0.3 is 0 Å². The molecule has 0 saturated carbocycles. The first-order chi connectivity index (χ1) is 28.1. The molecule has 0 unspecified atom stereocenters. The van der Waals surface area contributed by atoms with Gasteiger partial charge in [0.05, 0.1) is 0 Å². The van der Waals surface area contributed by atoms with E-state index in [1.54, 1.807) is 0 Å². The largest absolute Gasteiger partial charge is 0.302 e. The van der Waals surface area contributed by atoms with Gasteiger partial charge in [0, 0.05) is 48.1 Å². The van der Waals surface area contributed by atoms with Gasteiger partial charge in [0.25, 0.3) is 0 Å². The van der Waals surface area contributed by atoms with Gasteiger partial charge in [-0.2, -0.15) is 10.9 Å². The molecule has 0 fully saturated rings. The van der Waals surface area contributed by atoms with E-state index in [1.165, 1.54) is 22.1 Å². The van der Waals surface area contributed by atoms with Gasteiger partial charge in [-0.25, -0.2) is 0 Å². The molecule has 0 bridgehead atoms. The van der Waals surface area contributed by atoms with Crippen LogP contribution in [-0.2, 0) is 10.8 Å². The third-order valence-electron chi connectivity index (χ3n) is 11.5. The molecule has 0 spiro atoms. The first-order valence-electron chi connectivity index (χ1n) is 20.2. The number of hydrogen-bond acceptors (Lipinski definition) is 4. The number of hydrogen-bond donors (Lipinski definition) is 0. The van der Waals surface area contributed by atoms with Crippen molar-refractivity contribution in [2.24, 2.45) is 0 Å². The van der Waals surface area contributed by atoms with Gasteiger partial charge in [-0.1, -0.05) is 173 Å². The van der Waals surface area contributed by atoms with Crippen molar-refractivity contribution in [1.82, 2.24) is 19.9 Å². The summed E-state index contributed by atoms with van der Waals surface area (Å²) in [7, 11) is 0. The third-order valence-corrected chi connectivity index (χ3v) is 11.5. The van der Waals surface area contributed by atoms with E-state index in [0.29, 0.717) is 0 Å². The lowest BCUT2D eigenvalue weighted by atomic mass is 9.16. The molecular formula is C50H52B2N6. The molecule has 0 amide bonds. The van der Waals surface area contributed by atoms with Crippen molar-refractivity contribution in [2.45, 2.75) is 52.4 Å². The number of aromatic nitrogens is 6. The minimum atomic E-state index is -1.55. The molecular weight excluding hydrogens is 706 g/mol. The molecule has 0 aliphatic carbocycles. The fraction of sp³-hybridized carbons (Fsp3) is 0.160. The lowest BCUT2D eigenvalue weighted by Crippen LogP contribution is -2.79. The Hall–Kier alpha value is -6.53. The van der Waals surface area contributed by atoms with Crippen LogP contribution in [0.25, 0.3) is 0 Å². The van der Waals surface area contributed by atoms with E-state index in [-0.39, 0.29) is 10.8 Å². The maximum atomic E-state index is 4.82. The molecule has 2 N–H and O–H groups in total. The Morgan fingerprint density at radius 3 is 0.862 bits per heavy atom. The summed E-state index contributed by atoms with van der Waals surface area (Å²) < 4.78 is 0. The maximum Gasteiger partial charge on any atom is 0.219 e. The summed E-state index contributed by atoms with van der Waals surface area (Å²) in [5, 5.41) is 0. The van der Waals surface area contributed by atoms with Gasteiger partial charge in [0.15, 0.2) is 12.4 Å². The predicted octanol–water partition coefficient (Wildman–Crippen LogP) is 3.93. The van der Waals surface area contributed by atoms with Crippen molar-refractivity contribution in [3.63, 3.8) is 0 Å². The highest BCUT2D eigenvalue weighted by atomic mass is 14.7. The SMILES string of the molecule is CC(C)(C)c1ccc([B-](c2ccccn2)(c2ccccn2)c2cccc[nH+]2)cc1.CC(C)(C)c1ccc([B-](c2ccccn2)(c2ccccn2)c2cccc[nH+]2)cc1. The first-order valence-corrected chi connectivity index (χ1v) is 20.2. The van der Waals surface area contributed by atoms with Crippen molar-refractivity contribution in [3.8, 4) is 0 Å². The van der Waals surface area contributed by atoms with Gasteiger partial charge in [-0.15, -0.1) is 0 Å². The van der Waals surface area contributed by atoms with E-state index in [4.69, 9.17) is 19.9 Å². The molecule has 0 radical (unpaired) electrons. The molecule has 6 heterocycles. The number of nitrogens with one attached hydrogen (secondary N) is 2. The number of aromatic amines is 2. The predicted molar refractivity (Wildman–Crippen MR) is 242 cm³/mol. The molecule has 6 aromatic heterocycles. The lowest BCUT2D eigenvalue weighted by Gasteiger charge is -2.37. The number of rotatable bonds is 8. The molecule has 288 valence electrons. The average molecular weight is 759 g/mol. The zero-order chi connectivity index (χ0) is 40.6. The van der Waals surface area contributed by atoms with Crippen LogP contribution in [0.2, 0.25) is 0 Å². The summed E-state index contributed by atoms with van der Waals surface area (Å²) in [5.74, 6) is 0. The topological polar surface area (TPSA) is 79.8 Å². The molecule has 0 aliphatic heterocycles. The summed E-state index contributed by atoms with van der Waals surface area (Å²) in [5.41, 5.74) is 11.4. The molecule has 6 nitrogen and oxygen atoms in total. The highest BCUT2D eigenvalue weighted by Gasteiger charge is 2.41. The van der Waals surface area contributed by atoms with E-state index in [0.717, 1.165) is 33.6 Å². The van der Waals surface area contributed by atoms with E-state index in [1.807, 2.05) is 97.8 Å². The molecule has 0 saturated heterocycles. The molecule has 8 rings (SSSR count). The minimum Gasteiger partial charge on any atom is -0.302 e. The lowest BCUT2D eigenvalue weighted by molar-refractivity contribution is -0.356. The van der Waals surface area contributed by atoms with Crippen LogP contribution in [0, 0.1) is 0 Å². The second kappa shape index (κ2) is 16.9. The van der Waals surface area contributed by atoms with Crippen LogP contribution in [0.15, 0.2) is 195 Å². The van der Waals surface area contributed by atoms with E-state index in [2.05, 4.69) is 149 Å². The van der Waals surface area contributed by atoms with Crippen LogP contribution in [0.1, 0.15) is 52.7 Å². The Morgan fingerprint density at radius 2 is 0.638 bits per heavy atom. The van der Waals surface area contributed by atoms with Crippen LogP contribution in [-0.4, -0.2) is 32.2 Å². The Labute approximate surface area is 343 Å². The van der Waals surface area contributed by atoms with Crippen molar-refractivity contribution >= 4 is 56.8 Å². The zero-order valence-electron chi connectivity index (χ0n) is 34.4. The molecule has 0 atom stereocenters. The van der Waals surface area contributed by atoms with Gasteiger partial charge in [-0.3, -0.25) is 9.97 Å². The number of H-pyrrole nitrogens is 2. The standard InChI is InChI=1S/2C25H25BN3/c2*1-25(2,3)20-13-15-21(16-14-20)26(22-10-4-7-17-27-22,23-11-5-8-18-28-23)24-12-6-9-19-29-24/h2*4-19H,1-3H3/q2*-1/p+2. The minimum absolute atomic E-state index is 0.100.